The third kappa shape index (κ3) is 3.30. The monoisotopic (exact) mass is 391 g/mol. The molecule has 3 fully saturated rings. The van der Waals surface area contributed by atoms with Crippen molar-refractivity contribution in [3.8, 4) is 0 Å². The van der Waals surface area contributed by atoms with Crippen molar-refractivity contribution in [2.45, 2.75) is 58.7 Å². The van der Waals surface area contributed by atoms with Crippen LogP contribution >= 0.6 is 0 Å². The van der Waals surface area contributed by atoms with Crippen molar-refractivity contribution in [3.05, 3.63) is 5.82 Å². The number of fused-ring (bicyclic) bond motifs is 1. The van der Waals surface area contributed by atoms with E-state index in [0.29, 0.717) is 35.6 Å². The number of hydrogen-bond donors (Lipinski definition) is 1. The molecular formula is C20H33N5O3. The average Bonchev–Trinajstić information content (AvgIpc) is 2.99. The van der Waals surface area contributed by atoms with Crippen LogP contribution in [0.5, 0.6) is 0 Å². The molecule has 8 nitrogen and oxygen atoms in total. The Hall–Kier alpha value is -1.67. The van der Waals surface area contributed by atoms with Gasteiger partial charge in [-0.1, -0.05) is 5.16 Å². The zero-order chi connectivity index (χ0) is 20.0. The van der Waals surface area contributed by atoms with Gasteiger partial charge in [0, 0.05) is 44.2 Å². The van der Waals surface area contributed by atoms with E-state index in [1.165, 1.54) is 0 Å². The van der Waals surface area contributed by atoms with E-state index >= 15 is 0 Å². The summed E-state index contributed by atoms with van der Waals surface area (Å²) in [6, 6.07) is 1.15. The maximum absolute atomic E-state index is 12.7. The van der Waals surface area contributed by atoms with Crippen LogP contribution in [-0.2, 0) is 4.79 Å². The van der Waals surface area contributed by atoms with E-state index in [-0.39, 0.29) is 24.6 Å². The van der Waals surface area contributed by atoms with E-state index < -0.39 is 0 Å². The molecule has 0 spiro atoms. The molecule has 3 aliphatic rings. The van der Waals surface area contributed by atoms with Crippen molar-refractivity contribution in [2.75, 3.05) is 37.7 Å². The van der Waals surface area contributed by atoms with E-state index in [2.05, 4.69) is 40.7 Å². The molecule has 1 aliphatic carbocycles. The standard InChI is InChI=1S/C20H33N5O3/c1-5-23(6-2)19(27)18-16-9-24(10-17(16)18)14-7-12(3)25(15(8-14)11-26)20-21-13(4)22-28-20/h12,14-18,26H,5-11H2,1-4H3/t12?,14?,15?,16-,17+,18?. The number of likely N-dealkylation sites (tertiary alicyclic amines) is 1. The first-order valence-corrected chi connectivity index (χ1v) is 10.7. The summed E-state index contributed by atoms with van der Waals surface area (Å²) in [6.45, 7) is 11.8. The number of rotatable bonds is 6. The minimum absolute atomic E-state index is 0.0152. The number of aliphatic hydroxyl groups excluding tert-OH is 1. The van der Waals surface area contributed by atoms with Crippen LogP contribution in [0.1, 0.15) is 39.4 Å². The maximum atomic E-state index is 12.7. The van der Waals surface area contributed by atoms with Crippen molar-refractivity contribution in [3.63, 3.8) is 0 Å². The largest absolute Gasteiger partial charge is 0.394 e. The first-order valence-electron chi connectivity index (χ1n) is 10.7. The van der Waals surface area contributed by atoms with Gasteiger partial charge in [-0.25, -0.2) is 0 Å². The molecule has 6 atom stereocenters. The maximum Gasteiger partial charge on any atom is 0.324 e. The average molecular weight is 392 g/mol. The Morgan fingerprint density at radius 2 is 1.93 bits per heavy atom. The molecule has 0 aromatic carbocycles. The van der Waals surface area contributed by atoms with Gasteiger partial charge in [-0.15, -0.1) is 0 Å². The molecule has 2 aliphatic heterocycles. The first kappa shape index (κ1) is 19.6. The molecule has 2 saturated heterocycles. The Labute approximate surface area is 166 Å². The molecule has 1 N–H and O–H groups in total. The van der Waals surface area contributed by atoms with Crippen LogP contribution in [-0.4, -0.2) is 81.9 Å². The van der Waals surface area contributed by atoms with E-state index in [4.69, 9.17) is 4.52 Å². The number of piperidine rings is 2. The van der Waals surface area contributed by atoms with Gasteiger partial charge in [0.05, 0.1) is 12.6 Å². The van der Waals surface area contributed by atoms with Crippen molar-refractivity contribution < 1.29 is 14.4 Å². The van der Waals surface area contributed by atoms with Crippen molar-refractivity contribution in [1.29, 1.82) is 0 Å². The normalized spacial score (nSPS) is 35.1. The molecule has 156 valence electrons. The summed E-state index contributed by atoms with van der Waals surface area (Å²) in [5.74, 6) is 2.25. The molecule has 1 saturated carbocycles. The van der Waals surface area contributed by atoms with Crippen LogP contribution in [0, 0.1) is 24.7 Å². The molecule has 4 unspecified atom stereocenters. The lowest BCUT2D eigenvalue weighted by atomic mass is 9.91. The number of nitrogens with zero attached hydrogens (tertiary/aromatic N) is 5. The van der Waals surface area contributed by atoms with Gasteiger partial charge in [0.2, 0.25) is 5.91 Å². The Bertz CT molecular complexity index is 694. The second-order valence-corrected chi connectivity index (χ2v) is 8.66. The highest BCUT2D eigenvalue weighted by molar-refractivity contribution is 5.82. The molecule has 1 amide bonds. The molecule has 1 aromatic rings. The minimum Gasteiger partial charge on any atom is -0.394 e. The van der Waals surface area contributed by atoms with Crippen LogP contribution in [0.25, 0.3) is 0 Å². The highest BCUT2D eigenvalue weighted by Crippen LogP contribution is 2.53. The van der Waals surface area contributed by atoms with Crippen LogP contribution in [0.4, 0.5) is 6.01 Å². The topological polar surface area (TPSA) is 85.9 Å². The van der Waals surface area contributed by atoms with Crippen LogP contribution in [0.15, 0.2) is 4.52 Å². The highest BCUT2D eigenvalue weighted by atomic mass is 16.5. The Morgan fingerprint density at radius 3 is 2.46 bits per heavy atom. The molecule has 4 rings (SSSR count). The van der Waals surface area contributed by atoms with Gasteiger partial charge in [0.1, 0.15) is 0 Å². The summed E-state index contributed by atoms with van der Waals surface area (Å²) < 4.78 is 5.37. The van der Waals surface area contributed by atoms with Gasteiger partial charge in [0.25, 0.3) is 0 Å². The van der Waals surface area contributed by atoms with E-state index in [1.54, 1.807) is 0 Å². The van der Waals surface area contributed by atoms with Gasteiger partial charge in [-0.2, -0.15) is 4.98 Å². The van der Waals surface area contributed by atoms with E-state index in [9.17, 15) is 9.90 Å². The second-order valence-electron chi connectivity index (χ2n) is 8.66. The summed E-state index contributed by atoms with van der Waals surface area (Å²) in [4.78, 5) is 23.6. The van der Waals surface area contributed by atoms with Crippen LogP contribution < -0.4 is 4.90 Å². The molecule has 28 heavy (non-hydrogen) atoms. The smallest absolute Gasteiger partial charge is 0.324 e. The van der Waals surface area contributed by atoms with Gasteiger partial charge >= 0.3 is 6.01 Å². The number of aliphatic hydroxyl groups is 1. The van der Waals surface area contributed by atoms with Crippen molar-refractivity contribution in [2.24, 2.45) is 17.8 Å². The Balaban J connectivity index is 1.37. The molecule has 0 radical (unpaired) electrons. The lowest BCUT2D eigenvalue weighted by Crippen LogP contribution is -2.55. The minimum atomic E-state index is -0.0152. The fourth-order valence-corrected chi connectivity index (χ4v) is 5.56. The van der Waals surface area contributed by atoms with Crippen LogP contribution in [0.3, 0.4) is 0 Å². The van der Waals surface area contributed by atoms with Crippen LogP contribution in [0.2, 0.25) is 0 Å². The summed E-state index contributed by atoms with van der Waals surface area (Å²) in [5, 5.41) is 13.9. The van der Waals surface area contributed by atoms with Gasteiger partial charge < -0.3 is 19.4 Å². The number of amides is 1. The van der Waals surface area contributed by atoms with Crippen molar-refractivity contribution >= 4 is 11.9 Å². The zero-order valence-corrected chi connectivity index (χ0v) is 17.4. The number of aryl methyl sites for hydroxylation is 1. The fourth-order valence-electron chi connectivity index (χ4n) is 5.56. The van der Waals surface area contributed by atoms with E-state index in [1.807, 2.05) is 11.8 Å². The summed E-state index contributed by atoms with van der Waals surface area (Å²) in [5.41, 5.74) is 0. The van der Waals surface area contributed by atoms with Gasteiger partial charge in [-0.05, 0) is 52.4 Å². The Kier molecular flexibility index (Phi) is 5.35. The van der Waals surface area contributed by atoms with Gasteiger partial charge in [-0.3, -0.25) is 9.69 Å². The number of aromatic nitrogens is 2. The quantitative estimate of drug-likeness (QED) is 0.778. The molecule has 0 bridgehead atoms. The molecule has 8 heteroatoms. The molecular weight excluding hydrogens is 358 g/mol. The third-order valence-corrected chi connectivity index (χ3v) is 7.07. The molecule has 3 heterocycles. The lowest BCUT2D eigenvalue weighted by molar-refractivity contribution is -0.133. The first-order chi connectivity index (χ1) is 13.5. The third-order valence-electron chi connectivity index (χ3n) is 7.07. The number of anilines is 1. The number of hydrogen-bond acceptors (Lipinski definition) is 7. The summed E-state index contributed by atoms with van der Waals surface area (Å²) in [6.07, 6.45) is 1.89. The second kappa shape index (κ2) is 7.63. The summed E-state index contributed by atoms with van der Waals surface area (Å²) >= 11 is 0. The number of carbonyl (C=O) groups is 1. The zero-order valence-electron chi connectivity index (χ0n) is 17.4. The molecule has 1 aromatic heterocycles. The van der Waals surface area contributed by atoms with Gasteiger partial charge in [0.15, 0.2) is 5.82 Å². The summed E-state index contributed by atoms with van der Waals surface area (Å²) in [7, 11) is 0. The van der Waals surface area contributed by atoms with E-state index in [0.717, 1.165) is 39.0 Å². The fraction of sp³-hybridized carbons (Fsp3) is 0.850. The SMILES string of the molecule is CCN(CC)C(=O)C1[C@H]2CN(C3CC(C)N(c4nc(C)no4)C(CO)C3)C[C@@H]12. The predicted molar refractivity (Wildman–Crippen MR) is 105 cm³/mol. The lowest BCUT2D eigenvalue weighted by Gasteiger charge is -2.45. The number of carbonyl (C=O) groups excluding carboxylic acids is 1. The van der Waals surface area contributed by atoms with Crippen molar-refractivity contribution in [1.82, 2.24) is 19.9 Å². The Morgan fingerprint density at radius 1 is 1.25 bits per heavy atom. The predicted octanol–water partition coefficient (Wildman–Crippen LogP) is 1.14. The highest BCUT2D eigenvalue weighted by Gasteiger charge is 2.61.